The first kappa shape index (κ1) is 17.2. The first-order chi connectivity index (χ1) is 14.2. The summed E-state index contributed by atoms with van der Waals surface area (Å²) in [5.74, 6) is 2.63. The van der Waals surface area contributed by atoms with E-state index in [1.54, 1.807) is 0 Å². The maximum atomic E-state index is 6.66. The van der Waals surface area contributed by atoms with Gasteiger partial charge in [-0.1, -0.05) is 18.2 Å². The molecular formula is C23H25N3O3. The standard InChI is InChI=1S/C23H25N3O3/c1-25-10-8-23(9-11-25)26-19(17-4-2-3-5-20(17)29-23)15-18(24-26)16-6-7-21-22(14-16)28-13-12-27-21/h2-7,14-15,19,24H,8-13H2,1H3/t19-/m1/s1. The van der Waals surface area contributed by atoms with E-state index in [0.29, 0.717) is 13.2 Å². The Kier molecular flexibility index (Phi) is 3.79. The maximum absolute atomic E-state index is 6.66. The van der Waals surface area contributed by atoms with Gasteiger partial charge in [0.2, 0.25) is 0 Å². The maximum Gasteiger partial charge on any atom is 0.182 e. The number of ether oxygens (including phenoxy) is 3. The van der Waals surface area contributed by atoms with Gasteiger partial charge in [-0.15, -0.1) is 0 Å². The molecule has 0 amide bonds. The molecule has 1 fully saturated rings. The number of piperidine rings is 1. The smallest absolute Gasteiger partial charge is 0.182 e. The van der Waals surface area contributed by atoms with Gasteiger partial charge in [0.15, 0.2) is 17.2 Å². The van der Waals surface area contributed by atoms with Crippen molar-refractivity contribution < 1.29 is 14.2 Å². The van der Waals surface area contributed by atoms with Gasteiger partial charge in [-0.3, -0.25) is 0 Å². The predicted molar refractivity (Wildman–Crippen MR) is 110 cm³/mol. The molecule has 0 saturated carbocycles. The molecule has 0 aromatic heterocycles. The van der Waals surface area contributed by atoms with Gasteiger partial charge in [0.1, 0.15) is 19.0 Å². The Balaban J connectivity index is 1.40. The molecule has 0 aliphatic carbocycles. The highest BCUT2D eigenvalue weighted by atomic mass is 16.6. The molecule has 4 aliphatic rings. The van der Waals surface area contributed by atoms with E-state index in [-0.39, 0.29) is 11.8 Å². The molecule has 1 atom stereocenters. The van der Waals surface area contributed by atoms with Crippen LogP contribution < -0.4 is 19.6 Å². The van der Waals surface area contributed by atoms with E-state index >= 15 is 0 Å². The molecule has 150 valence electrons. The average molecular weight is 391 g/mol. The van der Waals surface area contributed by atoms with Crippen molar-refractivity contribution in [3.8, 4) is 17.2 Å². The van der Waals surface area contributed by atoms with Gasteiger partial charge in [0, 0.05) is 37.1 Å². The van der Waals surface area contributed by atoms with Crippen LogP contribution in [0.15, 0.2) is 48.5 Å². The summed E-state index contributed by atoms with van der Waals surface area (Å²) in [6.07, 6.45) is 4.24. The van der Waals surface area contributed by atoms with E-state index in [2.05, 4.69) is 64.9 Å². The SMILES string of the molecule is CN1CCC2(CC1)Oc1ccccc1[C@H]1C=C(c3ccc4c(c3)OCCO4)NN12. The summed E-state index contributed by atoms with van der Waals surface area (Å²) < 4.78 is 18.1. The number of fused-ring (bicyclic) bond motifs is 5. The minimum atomic E-state index is -0.336. The summed E-state index contributed by atoms with van der Waals surface area (Å²) in [6, 6.07) is 14.7. The number of para-hydroxylation sites is 1. The van der Waals surface area contributed by atoms with Crippen molar-refractivity contribution in [3.05, 3.63) is 59.7 Å². The highest BCUT2D eigenvalue weighted by Gasteiger charge is 2.51. The number of hydrogen-bond donors (Lipinski definition) is 1. The molecule has 0 unspecified atom stereocenters. The Labute approximate surface area is 170 Å². The van der Waals surface area contributed by atoms with Gasteiger partial charge in [-0.05, 0) is 37.4 Å². The second-order valence-electron chi connectivity index (χ2n) is 8.25. The van der Waals surface area contributed by atoms with Crippen LogP contribution >= 0.6 is 0 Å². The number of benzene rings is 2. The monoisotopic (exact) mass is 391 g/mol. The van der Waals surface area contributed by atoms with Crippen molar-refractivity contribution in [2.45, 2.75) is 24.6 Å². The Morgan fingerprint density at radius 2 is 1.76 bits per heavy atom. The van der Waals surface area contributed by atoms with Gasteiger partial charge in [0.25, 0.3) is 0 Å². The summed E-state index contributed by atoms with van der Waals surface area (Å²) in [5.41, 5.74) is 6.75. The summed E-state index contributed by atoms with van der Waals surface area (Å²) in [4.78, 5) is 2.37. The van der Waals surface area contributed by atoms with Crippen LogP contribution in [-0.4, -0.2) is 49.0 Å². The van der Waals surface area contributed by atoms with Gasteiger partial charge in [0.05, 0.1) is 11.7 Å². The summed E-state index contributed by atoms with van der Waals surface area (Å²) >= 11 is 0. The topological polar surface area (TPSA) is 46.2 Å². The third-order valence-electron chi connectivity index (χ3n) is 6.44. The van der Waals surface area contributed by atoms with Crippen molar-refractivity contribution in [3.63, 3.8) is 0 Å². The molecule has 2 aromatic carbocycles. The highest BCUT2D eigenvalue weighted by Crippen LogP contribution is 2.48. The van der Waals surface area contributed by atoms with E-state index in [1.807, 2.05) is 6.07 Å². The normalized spacial score (nSPS) is 24.9. The molecule has 0 bridgehead atoms. The number of nitrogens with zero attached hydrogens (tertiary/aromatic N) is 2. The number of rotatable bonds is 1. The third-order valence-corrected chi connectivity index (χ3v) is 6.44. The first-order valence-electron chi connectivity index (χ1n) is 10.4. The largest absolute Gasteiger partial charge is 0.486 e. The minimum Gasteiger partial charge on any atom is -0.486 e. The molecule has 29 heavy (non-hydrogen) atoms. The number of likely N-dealkylation sites (tertiary alicyclic amines) is 1. The third kappa shape index (κ3) is 2.70. The molecule has 6 nitrogen and oxygen atoms in total. The van der Waals surface area contributed by atoms with Crippen LogP contribution in [0, 0.1) is 0 Å². The molecule has 2 aromatic rings. The van der Waals surface area contributed by atoms with Crippen LogP contribution in [0.2, 0.25) is 0 Å². The van der Waals surface area contributed by atoms with Crippen LogP contribution in [0.25, 0.3) is 5.70 Å². The fourth-order valence-corrected chi connectivity index (χ4v) is 4.81. The van der Waals surface area contributed by atoms with Gasteiger partial charge in [-0.25, -0.2) is 0 Å². The van der Waals surface area contributed by atoms with Crippen molar-refractivity contribution in [1.29, 1.82) is 0 Å². The molecular weight excluding hydrogens is 366 g/mol. The molecule has 1 N–H and O–H groups in total. The molecule has 6 heteroatoms. The highest BCUT2D eigenvalue weighted by molar-refractivity contribution is 5.70. The van der Waals surface area contributed by atoms with Gasteiger partial charge >= 0.3 is 0 Å². The molecule has 1 spiro atoms. The second-order valence-corrected chi connectivity index (χ2v) is 8.25. The van der Waals surface area contributed by atoms with Crippen molar-refractivity contribution in [1.82, 2.24) is 15.3 Å². The van der Waals surface area contributed by atoms with E-state index in [4.69, 9.17) is 14.2 Å². The first-order valence-corrected chi connectivity index (χ1v) is 10.4. The number of hydrazine groups is 1. The van der Waals surface area contributed by atoms with E-state index in [9.17, 15) is 0 Å². The quantitative estimate of drug-likeness (QED) is 0.806. The van der Waals surface area contributed by atoms with E-state index in [0.717, 1.165) is 54.4 Å². The van der Waals surface area contributed by atoms with Crippen molar-refractivity contribution in [2.24, 2.45) is 0 Å². The minimum absolute atomic E-state index is 0.145. The van der Waals surface area contributed by atoms with E-state index in [1.165, 1.54) is 5.56 Å². The zero-order chi connectivity index (χ0) is 19.4. The molecule has 0 radical (unpaired) electrons. The Hall–Kier alpha value is -2.70. The van der Waals surface area contributed by atoms with Crippen LogP contribution in [-0.2, 0) is 0 Å². The Bertz CT molecular complexity index is 981. The Morgan fingerprint density at radius 1 is 0.966 bits per heavy atom. The Morgan fingerprint density at radius 3 is 2.62 bits per heavy atom. The zero-order valence-corrected chi connectivity index (χ0v) is 16.6. The molecule has 4 aliphatic heterocycles. The lowest BCUT2D eigenvalue weighted by molar-refractivity contribution is -0.157. The fraction of sp³-hybridized carbons (Fsp3) is 0.391. The summed E-state index contributed by atoms with van der Waals surface area (Å²) in [6.45, 7) is 3.24. The van der Waals surface area contributed by atoms with Crippen molar-refractivity contribution >= 4 is 5.70 Å². The number of hydrogen-bond acceptors (Lipinski definition) is 6. The summed E-state index contributed by atoms with van der Waals surface area (Å²) in [5, 5.41) is 2.33. The second kappa shape index (κ2) is 6.40. The number of nitrogens with one attached hydrogen (secondary N) is 1. The van der Waals surface area contributed by atoms with Crippen LogP contribution in [0.3, 0.4) is 0 Å². The molecule has 6 rings (SSSR count). The summed E-state index contributed by atoms with van der Waals surface area (Å²) in [7, 11) is 2.18. The van der Waals surface area contributed by atoms with Gasteiger partial charge < -0.3 is 24.5 Å². The van der Waals surface area contributed by atoms with Gasteiger partial charge in [-0.2, -0.15) is 5.01 Å². The predicted octanol–water partition coefficient (Wildman–Crippen LogP) is 3.17. The van der Waals surface area contributed by atoms with Crippen LogP contribution in [0.5, 0.6) is 17.2 Å². The lowest BCUT2D eigenvalue weighted by Gasteiger charge is -2.51. The average Bonchev–Trinajstić information content (AvgIpc) is 3.22. The lowest BCUT2D eigenvalue weighted by Crippen LogP contribution is -2.63. The molecule has 1 saturated heterocycles. The lowest BCUT2D eigenvalue weighted by atomic mass is 9.93. The molecule has 4 heterocycles. The van der Waals surface area contributed by atoms with Crippen LogP contribution in [0.4, 0.5) is 0 Å². The van der Waals surface area contributed by atoms with Crippen molar-refractivity contribution in [2.75, 3.05) is 33.4 Å². The fourth-order valence-electron chi connectivity index (χ4n) is 4.81. The zero-order valence-electron chi connectivity index (χ0n) is 16.6. The van der Waals surface area contributed by atoms with Crippen LogP contribution in [0.1, 0.15) is 30.0 Å². The van der Waals surface area contributed by atoms with E-state index < -0.39 is 0 Å².